The van der Waals surface area contributed by atoms with Gasteiger partial charge in [0.15, 0.2) is 9.84 Å². The van der Waals surface area contributed by atoms with Gasteiger partial charge in [0.05, 0.1) is 16.5 Å². The molecule has 3 atom stereocenters. The van der Waals surface area contributed by atoms with E-state index >= 15 is 0 Å². The van der Waals surface area contributed by atoms with Crippen LogP contribution in [0.5, 0.6) is 0 Å². The van der Waals surface area contributed by atoms with E-state index in [1.54, 1.807) is 6.07 Å². The molecule has 2 aliphatic carbocycles. The van der Waals surface area contributed by atoms with E-state index in [0.717, 1.165) is 23.8 Å². The van der Waals surface area contributed by atoms with Crippen molar-refractivity contribution < 1.29 is 22.3 Å². The second kappa shape index (κ2) is 6.64. The lowest BCUT2D eigenvalue weighted by Crippen LogP contribution is -2.16. The first-order chi connectivity index (χ1) is 13.2. The molecule has 0 heterocycles. The van der Waals surface area contributed by atoms with Crippen LogP contribution in [-0.2, 0) is 22.7 Å². The molecule has 0 unspecified atom stereocenters. The Labute approximate surface area is 162 Å². The van der Waals surface area contributed by atoms with Crippen LogP contribution >= 0.6 is 0 Å². The molecular formula is C21H19F2NO3S. The number of benzene rings is 2. The minimum atomic E-state index is -3.64. The van der Waals surface area contributed by atoms with Gasteiger partial charge in [-0.15, -0.1) is 0 Å². The van der Waals surface area contributed by atoms with Crippen molar-refractivity contribution in [3.05, 3.63) is 63.5 Å². The van der Waals surface area contributed by atoms with E-state index in [0.29, 0.717) is 24.0 Å². The second-order valence-electron chi connectivity index (χ2n) is 7.57. The summed E-state index contributed by atoms with van der Waals surface area (Å²) in [5.74, 6) is -0.730. The number of aryl methyl sites for hydroxylation is 1. The van der Waals surface area contributed by atoms with Gasteiger partial charge in [-0.3, -0.25) is 0 Å². The average Bonchev–Trinajstić information content (AvgIpc) is 2.93. The summed E-state index contributed by atoms with van der Waals surface area (Å²) in [4.78, 5) is -0.0606. The number of hydrogen-bond acceptors (Lipinski definition) is 4. The number of hydrogen-bond donors (Lipinski definition) is 1. The van der Waals surface area contributed by atoms with Crippen molar-refractivity contribution in [2.24, 2.45) is 0 Å². The first kappa shape index (κ1) is 19.0. The highest BCUT2D eigenvalue weighted by Gasteiger charge is 2.39. The quantitative estimate of drug-likeness (QED) is 0.833. The maximum Gasteiger partial charge on any atom is 0.175 e. The SMILES string of the molecule is CS(=O)(=O)c1ccc([C@H]2CCCc3cc(F)cc(C#N)c32)c2c1[C@H](O)[C@H](F)C2. The average molecular weight is 403 g/mol. The zero-order valence-corrected chi connectivity index (χ0v) is 16.1. The summed E-state index contributed by atoms with van der Waals surface area (Å²) in [7, 11) is -3.64. The number of alkyl halides is 1. The highest BCUT2D eigenvalue weighted by molar-refractivity contribution is 7.90. The van der Waals surface area contributed by atoms with Crippen LogP contribution in [0.2, 0.25) is 0 Å². The van der Waals surface area contributed by atoms with Gasteiger partial charge in [-0.1, -0.05) is 6.07 Å². The Morgan fingerprint density at radius 1 is 1.25 bits per heavy atom. The molecule has 0 aromatic heterocycles. The predicted octanol–water partition coefficient (Wildman–Crippen LogP) is 3.50. The Morgan fingerprint density at radius 2 is 2.00 bits per heavy atom. The molecule has 1 N–H and O–H groups in total. The first-order valence-electron chi connectivity index (χ1n) is 9.12. The summed E-state index contributed by atoms with van der Waals surface area (Å²) in [5.41, 5.74) is 3.06. The van der Waals surface area contributed by atoms with Gasteiger partial charge in [0.1, 0.15) is 18.1 Å². The molecule has 0 amide bonds. The van der Waals surface area contributed by atoms with Gasteiger partial charge < -0.3 is 5.11 Å². The molecule has 0 saturated heterocycles. The predicted molar refractivity (Wildman–Crippen MR) is 99.0 cm³/mol. The van der Waals surface area contributed by atoms with Crippen LogP contribution in [-0.4, -0.2) is 26.0 Å². The molecule has 0 spiro atoms. The third kappa shape index (κ3) is 2.92. The monoisotopic (exact) mass is 403 g/mol. The Balaban J connectivity index is 1.96. The molecule has 0 fully saturated rings. The van der Waals surface area contributed by atoms with Gasteiger partial charge in [0.2, 0.25) is 0 Å². The Kier molecular flexibility index (Phi) is 4.52. The largest absolute Gasteiger partial charge is 0.385 e. The van der Waals surface area contributed by atoms with E-state index < -0.39 is 27.9 Å². The maximum absolute atomic E-state index is 14.4. The van der Waals surface area contributed by atoms with Gasteiger partial charge in [-0.2, -0.15) is 5.26 Å². The van der Waals surface area contributed by atoms with E-state index in [9.17, 15) is 27.6 Å². The number of aliphatic hydroxyl groups excluding tert-OH is 1. The lowest BCUT2D eigenvalue weighted by atomic mass is 9.75. The number of sulfone groups is 1. The fourth-order valence-electron chi connectivity index (χ4n) is 4.69. The Bertz CT molecular complexity index is 1120. The summed E-state index contributed by atoms with van der Waals surface area (Å²) in [5, 5.41) is 19.8. The standard InChI is InChI=1S/C21H19F2NO3S/c1-28(26,27)18-6-5-14(16-9-17(23)21(25)20(16)18)15-4-2-3-11-7-13(22)8-12(10-24)19(11)15/h5-8,15,17,21,25H,2-4,9H2,1H3/t15-,17-,21-/m1/s1. The van der Waals surface area contributed by atoms with Crippen molar-refractivity contribution in [1.82, 2.24) is 0 Å². The number of aliphatic hydroxyl groups is 1. The number of halogens is 2. The van der Waals surface area contributed by atoms with Crippen LogP contribution in [0.3, 0.4) is 0 Å². The topological polar surface area (TPSA) is 78.2 Å². The normalized spacial score (nSPS) is 23.8. The lowest BCUT2D eigenvalue weighted by molar-refractivity contribution is 0.0907. The maximum atomic E-state index is 14.4. The molecule has 2 aromatic carbocycles. The number of rotatable bonds is 2. The third-order valence-corrected chi connectivity index (χ3v) is 6.96. The Hall–Kier alpha value is -2.30. The highest BCUT2D eigenvalue weighted by atomic mass is 32.2. The second-order valence-corrected chi connectivity index (χ2v) is 9.55. The van der Waals surface area contributed by atoms with Crippen molar-refractivity contribution in [2.45, 2.75) is 48.8 Å². The van der Waals surface area contributed by atoms with Crippen LogP contribution in [0.1, 0.15) is 58.2 Å². The number of nitriles is 1. The van der Waals surface area contributed by atoms with E-state index in [1.807, 2.05) is 0 Å². The fraction of sp³-hybridized carbons (Fsp3) is 0.381. The molecule has 0 bridgehead atoms. The van der Waals surface area contributed by atoms with Gasteiger partial charge in [-0.05, 0) is 59.7 Å². The van der Waals surface area contributed by atoms with Crippen molar-refractivity contribution in [3.63, 3.8) is 0 Å². The van der Waals surface area contributed by atoms with Crippen molar-refractivity contribution in [3.8, 4) is 6.07 Å². The molecule has 0 aliphatic heterocycles. The molecule has 4 nitrogen and oxygen atoms in total. The zero-order valence-electron chi connectivity index (χ0n) is 15.2. The highest BCUT2D eigenvalue weighted by Crippen LogP contribution is 2.46. The molecule has 0 saturated carbocycles. The molecule has 0 radical (unpaired) electrons. The molecule has 4 rings (SSSR count). The number of nitrogens with zero attached hydrogens (tertiary/aromatic N) is 1. The van der Waals surface area contributed by atoms with Crippen LogP contribution in [0, 0.1) is 17.1 Å². The molecule has 7 heteroatoms. The summed E-state index contributed by atoms with van der Waals surface area (Å²) in [6, 6.07) is 7.76. The molecule has 2 aromatic rings. The van der Waals surface area contributed by atoms with E-state index in [1.165, 1.54) is 18.2 Å². The Morgan fingerprint density at radius 3 is 2.68 bits per heavy atom. The van der Waals surface area contributed by atoms with Crippen molar-refractivity contribution in [2.75, 3.05) is 6.26 Å². The first-order valence-corrected chi connectivity index (χ1v) is 11.0. The van der Waals surface area contributed by atoms with E-state index in [2.05, 4.69) is 6.07 Å². The lowest BCUT2D eigenvalue weighted by Gasteiger charge is -2.29. The van der Waals surface area contributed by atoms with Crippen LogP contribution in [0.25, 0.3) is 0 Å². The number of fused-ring (bicyclic) bond motifs is 2. The molecule has 28 heavy (non-hydrogen) atoms. The van der Waals surface area contributed by atoms with Crippen LogP contribution in [0.15, 0.2) is 29.2 Å². The van der Waals surface area contributed by atoms with Crippen LogP contribution < -0.4 is 0 Å². The third-order valence-electron chi connectivity index (χ3n) is 5.80. The van der Waals surface area contributed by atoms with E-state index in [-0.39, 0.29) is 28.4 Å². The smallest absolute Gasteiger partial charge is 0.175 e. The molecular weight excluding hydrogens is 384 g/mol. The molecule has 2 aliphatic rings. The van der Waals surface area contributed by atoms with Gasteiger partial charge in [-0.25, -0.2) is 17.2 Å². The summed E-state index contributed by atoms with van der Waals surface area (Å²) in [6.45, 7) is 0. The van der Waals surface area contributed by atoms with Gasteiger partial charge in [0, 0.05) is 24.2 Å². The minimum Gasteiger partial charge on any atom is -0.385 e. The summed E-state index contributed by atoms with van der Waals surface area (Å²) in [6.07, 6.45) is -0.0102. The van der Waals surface area contributed by atoms with Gasteiger partial charge in [0.25, 0.3) is 0 Å². The minimum absolute atomic E-state index is 0.0606. The summed E-state index contributed by atoms with van der Waals surface area (Å²) < 4.78 is 52.6. The van der Waals surface area contributed by atoms with Gasteiger partial charge >= 0.3 is 0 Å². The van der Waals surface area contributed by atoms with Crippen LogP contribution in [0.4, 0.5) is 8.78 Å². The zero-order chi connectivity index (χ0) is 20.2. The summed E-state index contributed by atoms with van der Waals surface area (Å²) >= 11 is 0. The van der Waals surface area contributed by atoms with Crippen molar-refractivity contribution in [1.29, 1.82) is 5.26 Å². The van der Waals surface area contributed by atoms with E-state index in [4.69, 9.17) is 0 Å². The molecule has 146 valence electrons. The fourth-order valence-corrected chi connectivity index (χ4v) is 5.65. The van der Waals surface area contributed by atoms with Crippen molar-refractivity contribution >= 4 is 9.84 Å².